The van der Waals surface area contributed by atoms with Gasteiger partial charge in [-0.1, -0.05) is 17.7 Å². The number of alkyl halides is 3. The van der Waals surface area contributed by atoms with Crippen molar-refractivity contribution >= 4 is 34.8 Å². The molecule has 3 aromatic carbocycles. The minimum Gasteiger partial charge on any atom is -0.497 e. The molecule has 1 saturated heterocycles. The molecular formula is C26H22ClF3N4O3. The molecule has 0 unspecified atom stereocenters. The van der Waals surface area contributed by atoms with E-state index in [1.165, 1.54) is 13.2 Å². The predicted molar refractivity (Wildman–Crippen MR) is 134 cm³/mol. The molecule has 2 amide bonds. The van der Waals surface area contributed by atoms with Gasteiger partial charge in [-0.2, -0.15) is 13.2 Å². The molecule has 0 bridgehead atoms. The van der Waals surface area contributed by atoms with Gasteiger partial charge in [-0.3, -0.25) is 0 Å². The molecule has 2 heterocycles. The average Bonchev–Trinajstić information content (AvgIpc) is 3.04. The lowest BCUT2D eigenvalue weighted by Gasteiger charge is -2.36. The van der Waals surface area contributed by atoms with Gasteiger partial charge in [-0.15, -0.1) is 0 Å². The summed E-state index contributed by atoms with van der Waals surface area (Å²) < 4.78 is 51.5. The van der Waals surface area contributed by atoms with Gasteiger partial charge in [0.15, 0.2) is 5.75 Å². The van der Waals surface area contributed by atoms with Crippen molar-refractivity contribution in [1.29, 1.82) is 0 Å². The van der Waals surface area contributed by atoms with Gasteiger partial charge in [0.05, 0.1) is 18.2 Å². The number of nitrogens with zero attached hydrogens (tertiary/aromatic N) is 3. The minimum atomic E-state index is -4.52. The SMILES string of the molecule is COc1ccc2c(c1)C(N1CCN(C(=O)Nc3cccc(Cl)c3)CC1)=Nc1cc(C(F)(F)F)ccc1O2. The Morgan fingerprint density at radius 2 is 1.78 bits per heavy atom. The first-order valence-electron chi connectivity index (χ1n) is 11.4. The van der Waals surface area contributed by atoms with Crippen LogP contribution >= 0.6 is 11.6 Å². The third-order valence-electron chi connectivity index (χ3n) is 6.10. The molecule has 7 nitrogen and oxygen atoms in total. The number of methoxy groups -OCH3 is 1. The lowest BCUT2D eigenvalue weighted by atomic mass is 10.1. The largest absolute Gasteiger partial charge is 0.497 e. The van der Waals surface area contributed by atoms with Gasteiger partial charge in [0.25, 0.3) is 0 Å². The Kier molecular flexibility index (Phi) is 6.59. The molecule has 2 aliphatic heterocycles. The van der Waals surface area contributed by atoms with Crippen LogP contribution < -0.4 is 14.8 Å². The number of anilines is 1. The number of benzene rings is 3. The molecule has 1 fully saturated rings. The standard InChI is InChI=1S/C26H22ClF3N4O3/c1-36-19-6-8-22-20(15-19)24(32-21-13-16(26(28,29)30)5-7-23(21)37-22)33-9-11-34(12-10-33)25(35)31-18-4-2-3-17(27)14-18/h2-8,13-15H,9-12H2,1H3,(H,31,35). The summed E-state index contributed by atoms with van der Waals surface area (Å²) in [5.74, 6) is 1.66. The number of urea groups is 1. The average molecular weight is 531 g/mol. The van der Waals surface area contributed by atoms with Crippen LogP contribution in [-0.2, 0) is 6.18 Å². The van der Waals surface area contributed by atoms with Crippen molar-refractivity contribution in [2.75, 3.05) is 38.6 Å². The Balaban J connectivity index is 1.42. The van der Waals surface area contributed by atoms with E-state index >= 15 is 0 Å². The van der Waals surface area contributed by atoms with Crippen LogP contribution in [0.4, 0.5) is 29.3 Å². The maximum atomic E-state index is 13.4. The zero-order chi connectivity index (χ0) is 26.2. The van der Waals surface area contributed by atoms with E-state index in [9.17, 15) is 18.0 Å². The van der Waals surface area contributed by atoms with Crippen LogP contribution in [0, 0.1) is 0 Å². The molecule has 2 aliphatic rings. The molecular weight excluding hydrogens is 509 g/mol. The van der Waals surface area contributed by atoms with Crippen molar-refractivity contribution in [2.24, 2.45) is 4.99 Å². The van der Waals surface area contributed by atoms with Crippen molar-refractivity contribution < 1.29 is 27.4 Å². The maximum Gasteiger partial charge on any atom is 0.416 e. The van der Waals surface area contributed by atoms with Crippen molar-refractivity contribution in [3.05, 3.63) is 76.8 Å². The number of hydrogen-bond donors (Lipinski definition) is 1. The smallest absolute Gasteiger partial charge is 0.416 e. The van der Waals surface area contributed by atoms with Crippen molar-refractivity contribution in [3.8, 4) is 17.2 Å². The van der Waals surface area contributed by atoms with E-state index in [2.05, 4.69) is 10.3 Å². The second-order valence-electron chi connectivity index (χ2n) is 8.49. The molecule has 0 aliphatic carbocycles. The van der Waals surface area contributed by atoms with Crippen LogP contribution in [0.1, 0.15) is 11.1 Å². The highest BCUT2D eigenvalue weighted by Crippen LogP contribution is 2.42. The fourth-order valence-corrected chi connectivity index (χ4v) is 4.38. The molecule has 1 N–H and O–H groups in total. The van der Waals surface area contributed by atoms with Crippen LogP contribution in [0.25, 0.3) is 0 Å². The number of carbonyl (C=O) groups excluding carboxylic acids is 1. The summed E-state index contributed by atoms with van der Waals surface area (Å²) in [5.41, 5.74) is 0.425. The molecule has 0 aromatic heterocycles. The highest BCUT2D eigenvalue weighted by atomic mass is 35.5. The van der Waals surface area contributed by atoms with Gasteiger partial charge >= 0.3 is 12.2 Å². The normalized spacial score (nSPS) is 15.1. The van der Waals surface area contributed by atoms with Crippen LogP contribution in [0.5, 0.6) is 17.2 Å². The number of hydrogen-bond acceptors (Lipinski definition) is 5. The molecule has 11 heteroatoms. The number of rotatable bonds is 2. The summed E-state index contributed by atoms with van der Waals surface area (Å²) >= 11 is 6.00. The monoisotopic (exact) mass is 530 g/mol. The van der Waals surface area contributed by atoms with E-state index in [0.717, 1.165) is 12.1 Å². The highest BCUT2D eigenvalue weighted by Gasteiger charge is 2.33. The Morgan fingerprint density at radius 1 is 1.03 bits per heavy atom. The predicted octanol–water partition coefficient (Wildman–Crippen LogP) is 6.40. The Morgan fingerprint density at radius 3 is 2.49 bits per heavy atom. The van der Waals surface area contributed by atoms with E-state index in [1.54, 1.807) is 47.4 Å². The van der Waals surface area contributed by atoms with E-state index in [4.69, 9.17) is 21.1 Å². The fourth-order valence-electron chi connectivity index (χ4n) is 4.19. The summed E-state index contributed by atoms with van der Waals surface area (Å²) in [4.78, 5) is 21.0. The highest BCUT2D eigenvalue weighted by molar-refractivity contribution is 6.30. The van der Waals surface area contributed by atoms with E-state index in [1.807, 2.05) is 4.90 Å². The number of carbonyl (C=O) groups is 1. The van der Waals surface area contributed by atoms with Crippen LogP contribution in [0.2, 0.25) is 5.02 Å². The lowest BCUT2D eigenvalue weighted by Crippen LogP contribution is -2.51. The molecule has 5 rings (SSSR count). The van der Waals surface area contributed by atoms with Gasteiger partial charge in [0, 0.05) is 36.9 Å². The molecule has 3 aromatic rings. The molecule has 37 heavy (non-hydrogen) atoms. The second-order valence-corrected chi connectivity index (χ2v) is 8.93. The fraction of sp³-hybridized carbons (Fsp3) is 0.231. The molecule has 0 atom stereocenters. The van der Waals surface area contributed by atoms with Crippen LogP contribution in [-0.4, -0.2) is 55.0 Å². The van der Waals surface area contributed by atoms with Gasteiger partial charge in [-0.25, -0.2) is 9.79 Å². The number of ether oxygens (including phenoxy) is 2. The number of nitrogens with one attached hydrogen (secondary N) is 1. The maximum absolute atomic E-state index is 13.4. The van der Waals surface area contributed by atoms with E-state index in [-0.39, 0.29) is 17.5 Å². The second kappa shape index (κ2) is 9.85. The first kappa shape index (κ1) is 24.8. The number of amides is 2. The Bertz CT molecular complexity index is 1370. The first-order valence-corrected chi connectivity index (χ1v) is 11.8. The summed E-state index contributed by atoms with van der Waals surface area (Å²) in [6.45, 7) is 1.57. The summed E-state index contributed by atoms with van der Waals surface area (Å²) in [7, 11) is 1.53. The van der Waals surface area contributed by atoms with Gasteiger partial charge < -0.3 is 24.6 Å². The van der Waals surface area contributed by atoms with Crippen molar-refractivity contribution in [1.82, 2.24) is 9.80 Å². The zero-order valence-electron chi connectivity index (χ0n) is 19.7. The summed E-state index contributed by atoms with van der Waals surface area (Å²) in [6, 6.07) is 15.0. The number of piperazine rings is 1. The number of aliphatic imine (C=N–C) groups is 1. The number of fused-ring (bicyclic) bond motifs is 2. The van der Waals surface area contributed by atoms with Gasteiger partial charge in [0.2, 0.25) is 0 Å². The number of halogens is 4. The topological polar surface area (TPSA) is 66.4 Å². The van der Waals surface area contributed by atoms with Gasteiger partial charge in [-0.05, 0) is 54.6 Å². The molecule has 0 spiro atoms. The molecule has 192 valence electrons. The Hall–Kier alpha value is -3.92. The lowest BCUT2D eigenvalue weighted by molar-refractivity contribution is -0.137. The first-order chi connectivity index (χ1) is 17.7. The van der Waals surface area contributed by atoms with Gasteiger partial charge in [0.1, 0.15) is 23.0 Å². The Labute approximate surface area is 216 Å². The van der Waals surface area contributed by atoms with E-state index in [0.29, 0.717) is 59.8 Å². The van der Waals surface area contributed by atoms with E-state index < -0.39 is 11.7 Å². The minimum absolute atomic E-state index is 0.0705. The van der Waals surface area contributed by atoms with Crippen LogP contribution in [0.15, 0.2) is 65.7 Å². The quantitative estimate of drug-likeness (QED) is 0.416. The summed E-state index contributed by atoms with van der Waals surface area (Å²) in [5, 5.41) is 3.34. The summed E-state index contributed by atoms with van der Waals surface area (Å²) in [6.07, 6.45) is -4.52. The zero-order valence-corrected chi connectivity index (χ0v) is 20.4. The number of amidine groups is 1. The van der Waals surface area contributed by atoms with Crippen molar-refractivity contribution in [2.45, 2.75) is 6.18 Å². The third-order valence-corrected chi connectivity index (χ3v) is 6.34. The van der Waals surface area contributed by atoms with Crippen molar-refractivity contribution in [3.63, 3.8) is 0 Å². The third kappa shape index (κ3) is 5.29. The molecule has 0 saturated carbocycles. The van der Waals surface area contributed by atoms with Crippen LogP contribution in [0.3, 0.4) is 0 Å². The molecule has 0 radical (unpaired) electrons.